The third kappa shape index (κ3) is 3.47. The summed E-state index contributed by atoms with van der Waals surface area (Å²) in [6.07, 6.45) is 1.79. The molecule has 1 fully saturated rings. The minimum atomic E-state index is -0.938. The third-order valence-electron chi connectivity index (χ3n) is 3.36. The molecule has 1 amide bonds. The van der Waals surface area contributed by atoms with Gasteiger partial charge in [0.05, 0.1) is 12.5 Å². The molecule has 1 aliphatic rings. The summed E-state index contributed by atoms with van der Waals surface area (Å²) in [7, 11) is 0. The first-order chi connectivity index (χ1) is 9.08. The SMILES string of the molecule is O=C(O)CCC(=O)N1CCCC1c1cccc(Cl)c1. The monoisotopic (exact) mass is 281 g/mol. The number of aliphatic carboxylic acids is 1. The summed E-state index contributed by atoms with van der Waals surface area (Å²) in [5.74, 6) is -1.03. The fourth-order valence-electron chi connectivity index (χ4n) is 2.48. The Bertz CT molecular complexity index is 489. The summed E-state index contributed by atoms with van der Waals surface area (Å²) < 4.78 is 0. The number of carbonyl (C=O) groups is 2. The lowest BCUT2D eigenvalue weighted by atomic mass is 10.0. The molecular weight excluding hydrogens is 266 g/mol. The maximum absolute atomic E-state index is 12.0. The van der Waals surface area contributed by atoms with E-state index >= 15 is 0 Å². The van der Waals surface area contributed by atoms with Crippen LogP contribution in [-0.2, 0) is 9.59 Å². The average molecular weight is 282 g/mol. The number of hydrogen-bond donors (Lipinski definition) is 1. The smallest absolute Gasteiger partial charge is 0.303 e. The van der Waals surface area contributed by atoms with Crippen LogP contribution in [0.4, 0.5) is 0 Å². The van der Waals surface area contributed by atoms with E-state index in [4.69, 9.17) is 16.7 Å². The van der Waals surface area contributed by atoms with Gasteiger partial charge in [0.2, 0.25) is 5.91 Å². The molecule has 1 N–H and O–H groups in total. The summed E-state index contributed by atoms with van der Waals surface area (Å²) in [5, 5.41) is 9.29. The summed E-state index contributed by atoms with van der Waals surface area (Å²) in [6.45, 7) is 0.690. The molecule has 5 heteroatoms. The number of nitrogens with zero attached hydrogens (tertiary/aromatic N) is 1. The van der Waals surface area contributed by atoms with Crippen molar-refractivity contribution in [3.63, 3.8) is 0 Å². The van der Waals surface area contributed by atoms with Crippen LogP contribution in [0.5, 0.6) is 0 Å². The van der Waals surface area contributed by atoms with Gasteiger partial charge in [0.1, 0.15) is 0 Å². The van der Waals surface area contributed by atoms with Crippen LogP contribution in [0.1, 0.15) is 37.3 Å². The molecule has 0 spiro atoms. The lowest BCUT2D eigenvalue weighted by molar-refractivity contribution is -0.141. The van der Waals surface area contributed by atoms with Gasteiger partial charge in [-0.3, -0.25) is 9.59 Å². The van der Waals surface area contributed by atoms with E-state index in [0.29, 0.717) is 11.6 Å². The molecule has 1 unspecified atom stereocenters. The largest absolute Gasteiger partial charge is 0.481 e. The van der Waals surface area contributed by atoms with E-state index in [1.807, 2.05) is 18.2 Å². The normalized spacial score (nSPS) is 18.6. The van der Waals surface area contributed by atoms with Crippen LogP contribution in [0.2, 0.25) is 5.02 Å². The van der Waals surface area contributed by atoms with Gasteiger partial charge >= 0.3 is 5.97 Å². The van der Waals surface area contributed by atoms with Crippen LogP contribution in [0.3, 0.4) is 0 Å². The Balaban J connectivity index is 2.08. The Hall–Kier alpha value is -1.55. The van der Waals surface area contributed by atoms with E-state index in [1.54, 1.807) is 11.0 Å². The van der Waals surface area contributed by atoms with E-state index < -0.39 is 5.97 Å². The van der Waals surface area contributed by atoms with Gasteiger partial charge in [0, 0.05) is 18.0 Å². The predicted octanol–water partition coefficient (Wildman–Crippen LogP) is 2.87. The molecule has 19 heavy (non-hydrogen) atoms. The van der Waals surface area contributed by atoms with Crippen molar-refractivity contribution < 1.29 is 14.7 Å². The first kappa shape index (κ1) is 13.9. The van der Waals surface area contributed by atoms with Gasteiger partial charge in [0.15, 0.2) is 0 Å². The molecule has 1 aromatic carbocycles. The summed E-state index contributed by atoms with van der Waals surface area (Å²) in [6, 6.07) is 7.53. The fraction of sp³-hybridized carbons (Fsp3) is 0.429. The van der Waals surface area contributed by atoms with E-state index in [9.17, 15) is 9.59 Å². The van der Waals surface area contributed by atoms with Gasteiger partial charge in [-0.2, -0.15) is 0 Å². The number of likely N-dealkylation sites (tertiary alicyclic amines) is 1. The van der Waals surface area contributed by atoms with Gasteiger partial charge in [-0.15, -0.1) is 0 Å². The number of hydrogen-bond acceptors (Lipinski definition) is 2. The summed E-state index contributed by atoms with van der Waals surface area (Å²) in [5.41, 5.74) is 1.02. The van der Waals surface area contributed by atoms with E-state index in [2.05, 4.69) is 0 Å². The van der Waals surface area contributed by atoms with E-state index in [-0.39, 0.29) is 24.8 Å². The number of amides is 1. The van der Waals surface area contributed by atoms with E-state index in [1.165, 1.54) is 0 Å². The van der Waals surface area contributed by atoms with Gasteiger partial charge in [0.25, 0.3) is 0 Å². The van der Waals surface area contributed by atoms with Crippen molar-refractivity contribution in [1.29, 1.82) is 0 Å². The van der Waals surface area contributed by atoms with Gasteiger partial charge in [-0.1, -0.05) is 23.7 Å². The van der Waals surface area contributed by atoms with Crippen LogP contribution in [0, 0.1) is 0 Å². The molecule has 1 aromatic rings. The number of benzene rings is 1. The topological polar surface area (TPSA) is 57.6 Å². The number of halogens is 1. The third-order valence-corrected chi connectivity index (χ3v) is 3.59. The standard InChI is InChI=1S/C14H16ClNO3/c15-11-4-1-3-10(9-11)12-5-2-8-16(12)13(17)6-7-14(18)19/h1,3-4,9,12H,2,5-8H2,(H,18,19). The molecule has 1 saturated heterocycles. The maximum Gasteiger partial charge on any atom is 0.303 e. The molecule has 2 rings (SSSR count). The number of carbonyl (C=O) groups excluding carboxylic acids is 1. The quantitative estimate of drug-likeness (QED) is 0.923. The Kier molecular flexibility index (Phi) is 4.43. The number of carboxylic acids is 1. The van der Waals surface area contributed by atoms with Crippen LogP contribution >= 0.6 is 11.6 Å². The molecule has 4 nitrogen and oxygen atoms in total. The molecule has 0 aliphatic carbocycles. The van der Waals surface area contributed by atoms with Crippen LogP contribution < -0.4 is 0 Å². The van der Waals surface area contributed by atoms with Crippen molar-refractivity contribution in [3.8, 4) is 0 Å². The Morgan fingerprint density at radius 3 is 2.84 bits per heavy atom. The van der Waals surface area contributed by atoms with Gasteiger partial charge < -0.3 is 10.0 Å². The maximum atomic E-state index is 12.0. The molecule has 0 radical (unpaired) electrons. The lowest BCUT2D eigenvalue weighted by Gasteiger charge is -2.25. The van der Waals surface area contributed by atoms with Gasteiger partial charge in [-0.25, -0.2) is 0 Å². The Morgan fingerprint density at radius 2 is 2.16 bits per heavy atom. The second-order valence-electron chi connectivity index (χ2n) is 4.69. The van der Waals surface area contributed by atoms with Crippen molar-refractivity contribution in [2.24, 2.45) is 0 Å². The van der Waals surface area contributed by atoms with Crippen LogP contribution in [-0.4, -0.2) is 28.4 Å². The first-order valence-electron chi connectivity index (χ1n) is 6.34. The summed E-state index contributed by atoms with van der Waals surface area (Å²) in [4.78, 5) is 24.3. The number of rotatable bonds is 4. The van der Waals surface area contributed by atoms with Crippen molar-refractivity contribution >= 4 is 23.5 Å². The molecule has 1 heterocycles. The zero-order valence-corrected chi connectivity index (χ0v) is 11.3. The highest BCUT2D eigenvalue weighted by Gasteiger charge is 2.29. The number of carboxylic acid groups (broad SMARTS) is 1. The van der Waals surface area contributed by atoms with Crippen molar-refractivity contribution in [2.45, 2.75) is 31.7 Å². The fourth-order valence-corrected chi connectivity index (χ4v) is 2.68. The molecule has 0 bridgehead atoms. The Labute approximate surface area is 117 Å². The van der Waals surface area contributed by atoms with Crippen molar-refractivity contribution in [1.82, 2.24) is 4.90 Å². The highest BCUT2D eigenvalue weighted by atomic mass is 35.5. The highest BCUT2D eigenvalue weighted by molar-refractivity contribution is 6.30. The van der Waals surface area contributed by atoms with Gasteiger partial charge in [-0.05, 0) is 30.5 Å². The summed E-state index contributed by atoms with van der Waals surface area (Å²) >= 11 is 5.97. The molecule has 0 aromatic heterocycles. The predicted molar refractivity (Wildman–Crippen MR) is 72.0 cm³/mol. The second kappa shape index (κ2) is 6.06. The van der Waals surface area contributed by atoms with E-state index in [0.717, 1.165) is 18.4 Å². The average Bonchev–Trinajstić information content (AvgIpc) is 2.85. The first-order valence-corrected chi connectivity index (χ1v) is 6.72. The second-order valence-corrected chi connectivity index (χ2v) is 5.13. The van der Waals surface area contributed by atoms with Crippen molar-refractivity contribution in [2.75, 3.05) is 6.54 Å². The Morgan fingerprint density at radius 1 is 1.37 bits per heavy atom. The zero-order chi connectivity index (χ0) is 13.8. The molecule has 0 saturated carbocycles. The molecule has 102 valence electrons. The lowest BCUT2D eigenvalue weighted by Crippen LogP contribution is -2.30. The molecular formula is C14H16ClNO3. The minimum absolute atomic E-state index is 0.0278. The highest BCUT2D eigenvalue weighted by Crippen LogP contribution is 2.33. The zero-order valence-electron chi connectivity index (χ0n) is 10.5. The minimum Gasteiger partial charge on any atom is -0.481 e. The molecule has 1 aliphatic heterocycles. The molecule has 1 atom stereocenters. The van der Waals surface area contributed by atoms with Crippen LogP contribution in [0.15, 0.2) is 24.3 Å². The van der Waals surface area contributed by atoms with Crippen molar-refractivity contribution in [3.05, 3.63) is 34.9 Å². The van der Waals surface area contributed by atoms with Crippen LogP contribution in [0.25, 0.3) is 0 Å².